The first-order chi connectivity index (χ1) is 20.6. The number of nitrogens with zero attached hydrogens (tertiary/aromatic N) is 3. The van der Waals surface area contributed by atoms with Gasteiger partial charge in [0.25, 0.3) is 0 Å². The first-order valence-corrected chi connectivity index (χ1v) is 15.7. The number of amides is 1. The molecule has 0 spiro atoms. The number of allylic oxidation sites excluding steroid dienone is 1. The third-order valence-corrected chi connectivity index (χ3v) is 8.11. The largest absolute Gasteiger partial charge is 0.471 e. The van der Waals surface area contributed by atoms with Gasteiger partial charge in [0.15, 0.2) is 0 Å². The van der Waals surface area contributed by atoms with Gasteiger partial charge in [0.2, 0.25) is 11.8 Å². The van der Waals surface area contributed by atoms with E-state index in [4.69, 9.17) is 24.2 Å². The predicted octanol–water partition coefficient (Wildman–Crippen LogP) is 6.36. The molecule has 1 aliphatic rings. The zero-order chi connectivity index (χ0) is 31.0. The molecule has 0 N–H and O–H groups in total. The molecule has 1 saturated heterocycles. The lowest BCUT2D eigenvalue weighted by molar-refractivity contribution is -0.159. The van der Waals surface area contributed by atoms with Crippen molar-refractivity contribution in [2.45, 2.75) is 83.5 Å². The summed E-state index contributed by atoms with van der Waals surface area (Å²) in [5, 5.41) is 1.96. The molecule has 4 rings (SSSR count). The fourth-order valence-corrected chi connectivity index (χ4v) is 5.98. The van der Waals surface area contributed by atoms with E-state index in [-0.39, 0.29) is 25.3 Å². The molecule has 2 aromatic heterocycles. The summed E-state index contributed by atoms with van der Waals surface area (Å²) in [5.41, 5.74) is 1.36. The monoisotopic (exact) mass is 607 g/mol. The van der Waals surface area contributed by atoms with Gasteiger partial charge >= 0.3 is 11.9 Å². The van der Waals surface area contributed by atoms with Crippen LogP contribution in [0, 0.1) is 5.92 Å². The van der Waals surface area contributed by atoms with Crippen LogP contribution >= 0.6 is 11.3 Å². The van der Waals surface area contributed by atoms with E-state index < -0.39 is 35.6 Å². The van der Waals surface area contributed by atoms with Gasteiger partial charge in [-0.2, -0.15) is 0 Å². The van der Waals surface area contributed by atoms with Crippen LogP contribution in [0.5, 0.6) is 5.88 Å². The Balaban J connectivity index is 1.58. The molecular weight excluding hydrogens is 566 g/mol. The Morgan fingerprint density at radius 2 is 1.84 bits per heavy atom. The SMILES string of the molecule is C=CCCCCC[C@H](CC(=O)OC(C)(C)C)C(=O)N1C[C@H](Oc2nc3ccccc3nc2-c2cccs2)C[C@H]1C(=O)OC. The predicted molar refractivity (Wildman–Crippen MR) is 167 cm³/mol. The Bertz CT molecular complexity index is 1420. The van der Waals surface area contributed by atoms with Crippen molar-refractivity contribution < 1.29 is 28.6 Å². The van der Waals surface area contributed by atoms with Crippen molar-refractivity contribution >= 4 is 40.2 Å². The van der Waals surface area contributed by atoms with Crippen molar-refractivity contribution in [2.75, 3.05) is 13.7 Å². The van der Waals surface area contributed by atoms with E-state index in [1.54, 1.807) is 20.8 Å². The number of aromatic nitrogens is 2. The van der Waals surface area contributed by atoms with Gasteiger partial charge in [-0.1, -0.05) is 37.1 Å². The maximum absolute atomic E-state index is 14.0. The highest BCUT2D eigenvalue weighted by Gasteiger charge is 2.44. The molecule has 0 saturated carbocycles. The minimum atomic E-state index is -0.844. The number of hydrogen-bond acceptors (Lipinski definition) is 9. The summed E-state index contributed by atoms with van der Waals surface area (Å²) in [6, 6.07) is 10.6. The van der Waals surface area contributed by atoms with Crippen LogP contribution in [0.2, 0.25) is 0 Å². The number of likely N-dealkylation sites (tertiary alicyclic amines) is 1. The topological polar surface area (TPSA) is 108 Å². The number of esters is 2. The number of carbonyl (C=O) groups excluding carboxylic acids is 3. The number of fused-ring (bicyclic) bond motifs is 1. The number of thiophene rings is 1. The van der Waals surface area contributed by atoms with Gasteiger partial charge in [0.05, 0.1) is 36.0 Å². The molecule has 3 heterocycles. The van der Waals surface area contributed by atoms with Crippen LogP contribution in [0.3, 0.4) is 0 Å². The maximum atomic E-state index is 14.0. The Labute approximate surface area is 257 Å². The van der Waals surface area contributed by atoms with E-state index in [1.165, 1.54) is 23.3 Å². The fourth-order valence-electron chi connectivity index (χ4n) is 5.27. The summed E-state index contributed by atoms with van der Waals surface area (Å²) in [4.78, 5) is 51.8. The lowest BCUT2D eigenvalue weighted by Gasteiger charge is -2.28. The highest BCUT2D eigenvalue weighted by Crippen LogP contribution is 2.35. The molecule has 1 aromatic carbocycles. The number of benzene rings is 1. The van der Waals surface area contributed by atoms with Gasteiger partial charge in [-0.25, -0.2) is 14.8 Å². The van der Waals surface area contributed by atoms with Gasteiger partial charge in [-0.05, 0) is 63.6 Å². The number of unbranched alkanes of at least 4 members (excludes halogenated alkanes) is 3. The number of ether oxygens (including phenoxy) is 3. The van der Waals surface area contributed by atoms with E-state index >= 15 is 0 Å². The summed E-state index contributed by atoms with van der Waals surface area (Å²) in [5.74, 6) is -1.53. The highest BCUT2D eigenvalue weighted by molar-refractivity contribution is 7.13. The van der Waals surface area contributed by atoms with E-state index in [9.17, 15) is 14.4 Å². The Morgan fingerprint density at radius 1 is 1.09 bits per heavy atom. The van der Waals surface area contributed by atoms with Gasteiger partial charge in [0, 0.05) is 12.3 Å². The van der Waals surface area contributed by atoms with Crippen molar-refractivity contribution in [1.82, 2.24) is 14.9 Å². The second-order valence-corrected chi connectivity index (χ2v) is 12.7. The molecule has 3 atom stereocenters. The molecule has 230 valence electrons. The normalized spacial score (nSPS) is 17.4. The smallest absolute Gasteiger partial charge is 0.328 e. The fraction of sp³-hybridized carbons (Fsp3) is 0.485. The van der Waals surface area contributed by atoms with Crippen LogP contribution in [-0.4, -0.2) is 64.1 Å². The maximum Gasteiger partial charge on any atom is 0.328 e. The summed E-state index contributed by atoms with van der Waals surface area (Å²) >= 11 is 1.53. The molecule has 10 heteroatoms. The van der Waals surface area contributed by atoms with Gasteiger partial charge in [0.1, 0.15) is 23.4 Å². The third-order valence-electron chi connectivity index (χ3n) is 7.23. The summed E-state index contributed by atoms with van der Waals surface area (Å²) in [6.45, 7) is 9.31. The van der Waals surface area contributed by atoms with Crippen molar-refractivity contribution in [2.24, 2.45) is 5.92 Å². The zero-order valence-corrected chi connectivity index (χ0v) is 26.2. The molecule has 0 radical (unpaired) electrons. The number of carbonyl (C=O) groups is 3. The quantitative estimate of drug-likeness (QED) is 0.125. The van der Waals surface area contributed by atoms with Crippen LogP contribution in [0.1, 0.15) is 65.7 Å². The molecule has 1 amide bonds. The summed E-state index contributed by atoms with van der Waals surface area (Å²) in [6.07, 6.45) is 5.54. The van der Waals surface area contributed by atoms with Crippen LogP contribution < -0.4 is 4.74 Å². The lowest BCUT2D eigenvalue weighted by atomic mass is 9.95. The zero-order valence-electron chi connectivity index (χ0n) is 25.4. The molecule has 3 aromatic rings. The van der Waals surface area contributed by atoms with Crippen LogP contribution in [-0.2, 0) is 23.9 Å². The van der Waals surface area contributed by atoms with E-state index in [0.29, 0.717) is 23.5 Å². The van der Waals surface area contributed by atoms with Crippen LogP contribution in [0.15, 0.2) is 54.4 Å². The Kier molecular flexibility index (Phi) is 10.9. The number of hydrogen-bond donors (Lipinski definition) is 0. The van der Waals surface area contributed by atoms with E-state index in [1.807, 2.05) is 47.9 Å². The standard InChI is InChI=1S/C33H41N3O6S/c1-6-7-8-9-10-14-22(19-28(37)42-33(2,3)4)31(38)36-21-23(20-26(36)32(39)40-5)41-30-29(27-17-13-18-43-27)34-24-15-11-12-16-25(24)35-30/h6,11-13,15-18,22-23,26H,1,7-10,14,19-21H2,2-5H3/t22-,23-,26+/m1/s1. The molecule has 1 fully saturated rings. The van der Waals surface area contributed by atoms with Gasteiger partial charge in [-0.15, -0.1) is 17.9 Å². The first kappa shape index (κ1) is 32.1. The average Bonchev–Trinajstić information content (AvgIpc) is 3.65. The van der Waals surface area contributed by atoms with Crippen molar-refractivity contribution in [1.29, 1.82) is 0 Å². The van der Waals surface area contributed by atoms with Gasteiger partial charge < -0.3 is 19.1 Å². The third kappa shape index (κ3) is 8.63. The Hall–Kier alpha value is -3.79. The van der Waals surface area contributed by atoms with Crippen LogP contribution in [0.25, 0.3) is 21.6 Å². The Morgan fingerprint density at radius 3 is 2.49 bits per heavy atom. The first-order valence-electron chi connectivity index (χ1n) is 14.8. The highest BCUT2D eigenvalue weighted by atomic mass is 32.1. The minimum Gasteiger partial charge on any atom is -0.471 e. The molecule has 9 nitrogen and oxygen atoms in total. The number of rotatable bonds is 13. The van der Waals surface area contributed by atoms with Crippen LogP contribution in [0.4, 0.5) is 0 Å². The van der Waals surface area contributed by atoms with Crippen molar-refractivity contribution in [3.8, 4) is 16.5 Å². The average molecular weight is 608 g/mol. The van der Waals surface area contributed by atoms with Gasteiger partial charge in [-0.3, -0.25) is 9.59 Å². The number of para-hydroxylation sites is 2. The second-order valence-electron chi connectivity index (χ2n) is 11.8. The van der Waals surface area contributed by atoms with Crippen molar-refractivity contribution in [3.05, 3.63) is 54.4 Å². The molecule has 0 bridgehead atoms. The summed E-state index contributed by atoms with van der Waals surface area (Å²) < 4.78 is 17.1. The minimum absolute atomic E-state index is 0.0633. The van der Waals surface area contributed by atoms with E-state index in [0.717, 1.165) is 36.1 Å². The molecular formula is C33H41N3O6S. The number of methoxy groups -OCH3 is 1. The lowest BCUT2D eigenvalue weighted by Crippen LogP contribution is -2.45. The van der Waals surface area contributed by atoms with E-state index in [2.05, 4.69) is 6.58 Å². The molecule has 0 aliphatic carbocycles. The molecule has 1 aliphatic heterocycles. The van der Waals surface area contributed by atoms with Crippen molar-refractivity contribution in [3.63, 3.8) is 0 Å². The summed E-state index contributed by atoms with van der Waals surface area (Å²) in [7, 11) is 1.31. The second kappa shape index (κ2) is 14.6. The molecule has 0 unspecified atom stereocenters. The molecule has 43 heavy (non-hydrogen) atoms.